The fourth-order valence-electron chi connectivity index (χ4n) is 3.16. The highest BCUT2D eigenvalue weighted by Gasteiger charge is 2.06. The number of thioether (sulfide) groups is 1. The van der Waals surface area contributed by atoms with Gasteiger partial charge in [0.05, 0.1) is 6.20 Å². The van der Waals surface area contributed by atoms with E-state index >= 15 is 0 Å². The third-order valence-corrected chi connectivity index (χ3v) is 5.88. The first-order valence-corrected chi connectivity index (χ1v) is 12.0. The molecule has 166 valence electrons. The molecule has 3 aromatic rings. The van der Waals surface area contributed by atoms with E-state index in [1.54, 1.807) is 6.20 Å². The fourth-order valence-corrected chi connectivity index (χ4v) is 4.06. The highest BCUT2D eigenvalue weighted by molar-refractivity contribution is 7.98. The van der Waals surface area contributed by atoms with Crippen LogP contribution in [0.15, 0.2) is 82.6 Å². The molecule has 0 spiro atoms. The first kappa shape index (κ1) is 23.9. The van der Waals surface area contributed by atoms with Crippen molar-refractivity contribution in [3.63, 3.8) is 0 Å². The van der Waals surface area contributed by atoms with E-state index in [0.29, 0.717) is 0 Å². The zero-order chi connectivity index (χ0) is 22.8. The number of hydrogen-bond donors (Lipinski definition) is 0. The van der Waals surface area contributed by atoms with Gasteiger partial charge in [0.2, 0.25) is 0 Å². The molecule has 1 heterocycles. The molecule has 0 saturated carbocycles. The average molecular weight is 445 g/mol. The Bertz CT molecular complexity index is 1070. The van der Waals surface area contributed by atoms with Crippen molar-refractivity contribution >= 4 is 11.8 Å². The van der Waals surface area contributed by atoms with Gasteiger partial charge >= 0.3 is 0 Å². The van der Waals surface area contributed by atoms with Gasteiger partial charge in [-0.05, 0) is 56.7 Å². The zero-order valence-electron chi connectivity index (χ0n) is 19.5. The molecule has 3 nitrogen and oxygen atoms in total. The second kappa shape index (κ2) is 11.8. The SMILES string of the molecule is CCN(C/C=C/C#CC(C)(C)C)Cc1cccc(CSc2cccc(-c3cnco3)c2)c1. The molecule has 0 radical (unpaired) electrons. The van der Waals surface area contributed by atoms with E-state index in [1.807, 2.05) is 23.9 Å². The lowest BCUT2D eigenvalue weighted by Gasteiger charge is -2.19. The van der Waals surface area contributed by atoms with Crippen molar-refractivity contribution in [1.29, 1.82) is 0 Å². The van der Waals surface area contributed by atoms with E-state index in [4.69, 9.17) is 4.42 Å². The molecular formula is C28H32N2OS. The lowest BCUT2D eigenvalue weighted by atomic mass is 9.98. The van der Waals surface area contributed by atoms with Gasteiger partial charge < -0.3 is 4.42 Å². The van der Waals surface area contributed by atoms with Crippen LogP contribution in [0.2, 0.25) is 0 Å². The summed E-state index contributed by atoms with van der Waals surface area (Å²) in [4.78, 5) is 7.65. The van der Waals surface area contributed by atoms with Crippen molar-refractivity contribution < 1.29 is 4.42 Å². The minimum atomic E-state index is 0.0462. The summed E-state index contributed by atoms with van der Waals surface area (Å²) in [7, 11) is 0. The summed E-state index contributed by atoms with van der Waals surface area (Å²) < 4.78 is 5.42. The highest BCUT2D eigenvalue weighted by atomic mass is 32.2. The fraction of sp³-hybridized carbons (Fsp3) is 0.321. The summed E-state index contributed by atoms with van der Waals surface area (Å²) in [5.41, 5.74) is 3.78. The van der Waals surface area contributed by atoms with Gasteiger partial charge in [-0.25, -0.2) is 4.98 Å². The van der Waals surface area contributed by atoms with Crippen LogP contribution < -0.4 is 0 Å². The maximum Gasteiger partial charge on any atom is 0.181 e. The van der Waals surface area contributed by atoms with Gasteiger partial charge in [-0.1, -0.05) is 61.2 Å². The van der Waals surface area contributed by atoms with E-state index in [-0.39, 0.29) is 5.41 Å². The van der Waals surface area contributed by atoms with Crippen LogP contribution in [-0.2, 0) is 12.3 Å². The molecule has 1 aromatic heterocycles. The number of likely N-dealkylation sites (N-methyl/N-ethyl adjacent to an activating group) is 1. The van der Waals surface area contributed by atoms with Crippen molar-refractivity contribution in [2.75, 3.05) is 13.1 Å². The van der Waals surface area contributed by atoms with Gasteiger partial charge in [-0.2, -0.15) is 0 Å². The van der Waals surface area contributed by atoms with E-state index in [9.17, 15) is 0 Å². The van der Waals surface area contributed by atoms with Gasteiger partial charge in [0, 0.05) is 34.7 Å². The Balaban J connectivity index is 1.56. The molecular weight excluding hydrogens is 412 g/mol. The maximum absolute atomic E-state index is 5.42. The molecule has 0 aliphatic carbocycles. The number of aromatic nitrogens is 1. The number of nitrogens with zero attached hydrogens (tertiary/aromatic N) is 2. The Morgan fingerprint density at radius 3 is 2.66 bits per heavy atom. The van der Waals surface area contributed by atoms with Gasteiger partial charge in [-0.15, -0.1) is 11.8 Å². The molecule has 0 bridgehead atoms. The molecule has 0 fully saturated rings. The minimum absolute atomic E-state index is 0.0462. The predicted molar refractivity (Wildman–Crippen MR) is 135 cm³/mol. The molecule has 32 heavy (non-hydrogen) atoms. The van der Waals surface area contributed by atoms with Gasteiger partial charge in [0.1, 0.15) is 0 Å². The molecule has 0 amide bonds. The Morgan fingerprint density at radius 1 is 1.09 bits per heavy atom. The lowest BCUT2D eigenvalue weighted by Crippen LogP contribution is -2.22. The Kier molecular flexibility index (Phi) is 8.79. The molecule has 3 rings (SSSR count). The van der Waals surface area contributed by atoms with Crippen molar-refractivity contribution in [1.82, 2.24) is 9.88 Å². The van der Waals surface area contributed by atoms with Crippen LogP contribution in [-0.4, -0.2) is 23.0 Å². The second-order valence-electron chi connectivity index (χ2n) is 8.75. The van der Waals surface area contributed by atoms with Crippen molar-refractivity contribution in [2.45, 2.75) is 44.9 Å². The molecule has 0 unspecified atom stereocenters. The summed E-state index contributed by atoms with van der Waals surface area (Å²) >= 11 is 1.84. The number of benzene rings is 2. The Morgan fingerprint density at radius 2 is 1.91 bits per heavy atom. The smallest absolute Gasteiger partial charge is 0.181 e. The van der Waals surface area contributed by atoms with E-state index in [1.165, 1.54) is 22.4 Å². The maximum atomic E-state index is 5.42. The average Bonchev–Trinajstić information content (AvgIpc) is 3.31. The van der Waals surface area contributed by atoms with Crippen LogP contribution in [0.1, 0.15) is 38.8 Å². The third kappa shape index (κ3) is 8.07. The van der Waals surface area contributed by atoms with Gasteiger partial charge in [-0.3, -0.25) is 4.90 Å². The number of hydrogen-bond acceptors (Lipinski definition) is 4. The minimum Gasteiger partial charge on any atom is -0.444 e. The summed E-state index contributed by atoms with van der Waals surface area (Å²) in [6, 6.07) is 17.3. The highest BCUT2D eigenvalue weighted by Crippen LogP contribution is 2.28. The van der Waals surface area contributed by atoms with Crippen LogP contribution in [0.5, 0.6) is 0 Å². The van der Waals surface area contributed by atoms with Gasteiger partial charge in [0.15, 0.2) is 12.2 Å². The number of oxazole rings is 1. The van der Waals surface area contributed by atoms with Crippen molar-refractivity contribution in [3.05, 3.63) is 84.4 Å². The van der Waals surface area contributed by atoms with E-state index < -0.39 is 0 Å². The van der Waals surface area contributed by atoms with Crippen molar-refractivity contribution in [2.24, 2.45) is 5.41 Å². The second-order valence-corrected chi connectivity index (χ2v) is 9.80. The monoisotopic (exact) mass is 444 g/mol. The summed E-state index contributed by atoms with van der Waals surface area (Å²) in [5.74, 6) is 8.13. The number of rotatable bonds is 9. The van der Waals surface area contributed by atoms with Gasteiger partial charge in [0.25, 0.3) is 0 Å². The Labute approximate surface area is 196 Å². The quantitative estimate of drug-likeness (QED) is 0.261. The lowest BCUT2D eigenvalue weighted by molar-refractivity contribution is 0.311. The topological polar surface area (TPSA) is 29.3 Å². The first-order chi connectivity index (χ1) is 15.4. The molecule has 2 aromatic carbocycles. The normalized spacial score (nSPS) is 11.7. The molecule has 0 aliphatic rings. The molecule has 0 aliphatic heterocycles. The summed E-state index contributed by atoms with van der Waals surface area (Å²) in [6.45, 7) is 11.4. The third-order valence-electron chi connectivity index (χ3n) is 4.81. The largest absolute Gasteiger partial charge is 0.444 e. The number of allylic oxidation sites excluding steroid dienone is 1. The molecule has 4 heteroatoms. The Hall–Kier alpha value is -2.74. The zero-order valence-corrected chi connectivity index (χ0v) is 20.3. The molecule has 0 N–H and O–H groups in total. The summed E-state index contributed by atoms with van der Waals surface area (Å²) in [5, 5.41) is 0. The summed E-state index contributed by atoms with van der Waals surface area (Å²) in [6.07, 6.45) is 7.35. The van der Waals surface area contributed by atoms with E-state index in [2.05, 4.69) is 98.0 Å². The standard InChI is InChI=1S/C28H32N2OS/c1-5-30(16-8-6-7-15-28(2,3)4)20-23-11-9-12-24(17-23)21-32-26-14-10-13-25(18-26)27-19-29-22-31-27/h6,8-14,17-19,22H,5,16,20-21H2,1-4H3/b8-6+. The van der Waals surface area contributed by atoms with Crippen LogP contribution in [0.25, 0.3) is 11.3 Å². The molecule has 0 saturated heterocycles. The van der Waals surface area contributed by atoms with Crippen molar-refractivity contribution in [3.8, 4) is 23.2 Å². The first-order valence-electron chi connectivity index (χ1n) is 11.0. The van der Waals surface area contributed by atoms with Crippen LogP contribution in [0.4, 0.5) is 0 Å². The van der Waals surface area contributed by atoms with Crippen LogP contribution in [0.3, 0.4) is 0 Å². The molecule has 0 atom stereocenters. The van der Waals surface area contributed by atoms with Crippen LogP contribution >= 0.6 is 11.8 Å². The predicted octanol–water partition coefficient (Wildman–Crippen LogP) is 7.06. The van der Waals surface area contributed by atoms with Crippen LogP contribution in [0, 0.1) is 17.3 Å². The van der Waals surface area contributed by atoms with E-state index in [0.717, 1.165) is 36.7 Å².